The average molecular weight is 346 g/mol. The Balaban J connectivity index is 1.70. The lowest BCUT2D eigenvalue weighted by Crippen LogP contribution is -2.48. The number of benzene rings is 1. The number of nitrogens with one attached hydrogen (secondary N) is 1. The Kier molecular flexibility index (Phi) is 5.23. The first-order valence-corrected chi connectivity index (χ1v) is 8.26. The average Bonchev–Trinajstić information content (AvgIpc) is 2.64. The van der Waals surface area contributed by atoms with Gasteiger partial charge in [-0.25, -0.2) is 8.78 Å². The van der Waals surface area contributed by atoms with Crippen molar-refractivity contribution in [3.63, 3.8) is 0 Å². The van der Waals surface area contributed by atoms with E-state index in [2.05, 4.69) is 22.1 Å². The minimum absolute atomic E-state index is 0.121. The fourth-order valence-corrected chi connectivity index (χ4v) is 2.79. The summed E-state index contributed by atoms with van der Waals surface area (Å²) in [6.45, 7) is 6.15. The van der Waals surface area contributed by atoms with Crippen LogP contribution in [0.15, 0.2) is 36.5 Å². The maximum atomic E-state index is 13.3. The number of likely N-dealkylation sites (N-methyl/N-ethyl adjacent to an activating group) is 1. The highest BCUT2D eigenvalue weighted by Crippen LogP contribution is 2.20. The molecule has 2 aromatic rings. The molecule has 0 radical (unpaired) electrons. The van der Waals surface area contributed by atoms with Crippen LogP contribution in [-0.4, -0.2) is 53.4 Å². The Morgan fingerprint density at radius 3 is 2.48 bits per heavy atom. The predicted molar refractivity (Wildman–Crippen MR) is 91.9 cm³/mol. The van der Waals surface area contributed by atoms with Crippen LogP contribution in [0.4, 0.5) is 20.2 Å². The van der Waals surface area contributed by atoms with Crippen LogP contribution in [0.2, 0.25) is 0 Å². The molecular formula is C18H20F2N4O. The summed E-state index contributed by atoms with van der Waals surface area (Å²) in [7, 11) is 0. The lowest BCUT2D eigenvalue weighted by Gasteiger charge is -2.33. The number of amides is 1. The van der Waals surface area contributed by atoms with Gasteiger partial charge in [-0.2, -0.15) is 0 Å². The maximum absolute atomic E-state index is 13.3. The first kappa shape index (κ1) is 17.3. The zero-order chi connectivity index (χ0) is 17.8. The van der Waals surface area contributed by atoms with Gasteiger partial charge in [0.25, 0.3) is 5.91 Å². The van der Waals surface area contributed by atoms with E-state index in [1.54, 1.807) is 17.0 Å². The summed E-state index contributed by atoms with van der Waals surface area (Å²) in [4.78, 5) is 20.8. The van der Waals surface area contributed by atoms with Crippen LogP contribution in [0.1, 0.15) is 17.4 Å². The van der Waals surface area contributed by atoms with Crippen molar-refractivity contribution in [1.82, 2.24) is 14.8 Å². The molecule has 1 fully saturated rings. The third-order valence-electron chi connectivity index (χ3n) is 4.29. The third kappa shape index (κ3) is 4.11. The van der Waals surface area contributed by atoms with Gasteiger partial charge in [0.05, 0.1) is 0 Å². The van der Waals surface area contributed by atoms with Crippen molar-refractivity contribution in [2.75, 3.05) is 38.0 Å². The van der Waals surface area contributed by atoms with Gasteiger partial charge in [-0.05, 0) is 30.8 Å². The van der Waals surface area contributed by atoms with Gasteiger partial charge in [0.1, 0.15) is 5.69 Å². The van der Waals surface area contributed by atoms with Crippen LogP contribution < -0.4 is 5.32 Å². The fraction of sp³-hybridized carbons (Fsp3) is 0.333. The molecule has 1 N–H and O–H groups in total. The molecule has 0 bridgehead atoms. The number of anilines is 2. The first-order valence-electron chi connectivity index (χ1n) is 8.26. The molecular weight excluding hydrogens is 326 g/mol. The molecule has 1 aliphatic heterocycles. The summed E-state index contributed by atoms with van der Waals surface area (Å²) in [5, 5.41) is 2.96. The fourth-order valence-electron chi connectivity index (χ4n) is 2.79. The van der Waals surface area contributed by atoms with Crippen molar-refractivity contribution in [3.05, 3.63) is 53.9 Å². The van der Waals surface area contributed by atoms with Crippen molar-refractivity contribution >= 4 is 17.3 Å². The van der Waals surface area contributed by atoms with Gasteiger partial charge in [0.15, 0.2) is 11.6 Å². The predicted octanol–water partition coefficient (Wildman–Crippen LogP) is 2.88. The number of aromatic nitrogens is 1. The van der Waals surface area contributed by atoms with Crippen molar-refractivity contribution in [2.24, 2.45) is 0 Å². The molecule has 25 heavy (non-hydrogen) atoms. The van der Waals surface area contributed by atoms with Crippen molar-refractivity contribution in [2.45, 2.75) is 6.92 Å². The van der Waals surface area contributed by atoms with Crippen LogP contribution in [-0.2, 0) is 0 Å². The standard InChI is InChI=1S/C18H20F2N4O/c1-2-23-7-9-24(10-8-23)18(25)17-12-14(5-6-21-17)22-13-3-4-15(19)16(20)11-13/h3-6,11-12H,2,7-10H2,1H3,(H,21,22). The van der Waals surface area contributed by atoms with E-state index in [9.17, 15) is 13.6 Å². The molecule has 2 heterocycles. The second-order valence-electron chi connectivity index (χ2n) is 5.91. The van der Waals surface area contributed by atoms with E-state index >= 15 is 0 Å². The van der Waals surface area contributed by atoms with Gasteiger partial charge in [-0.3, -0.25) is 9.78 Å². The summed E-state index contributed by atoms with van der Waals surface area (Å²) in [6, 6.07) is 6.85. The lowest BCUT2D eigenvalue weighted by atomic mass is 10.2. The van der Waals surface area contributed by atoms with Gasteiger partial charge in [-0.1, -0.05) is 6.92 Å². The van der Waals surface area contributed by atoms with E-state index in [0.29, 0.717) is 30.2 Å². The minimum atomic E-state index is -0.927. The first-order chi connectivity index (χ1) is 12.1. The zero-order valence-corrected chi connectivity index (χ0v) is 14.0. The zero-order valence-electron chi connectivity index (χ0n) is 14.0. The molecule has 1 aliphatic rings. The van der Waals surface area contributed by atoms with E-state index in [1.165, 1.54) is 12.3 Å². The summed E-state index contributed by atoms with van der Waals surface area (Å²) in [5.41, 5.74) is 1.33. The van der Waals surface area contributed by atoms with Gasteiger partial charge < -0.3 is 15.1 Å². The van der Waals surface area contributed by atoms with Crippen LogP contribution >= 0.6 is 0 Å². The number of nitrogens with zero attached hydrogens (tertiary/aromatic N) is 3. The Bertz CT molecular complexity index is 760. The topological polar surface area (TPSA) is 48.5 Å². The third-order valence-corrected chi connectivity index (χ3v) is 4.29. The number of rotatable bonds is 4. The number of pyridine rings is 1. The summed E-state index contributed by atoms with van der Waals surface area (Å²) < 4.78 is 26.3. The van der Waals surface area contributed by atoms with Crippen molar-refractivity contribution in [1.29, 1.82) is 0 Å². The highest BCUT2D eigenvalue weighted by Gasteiger charge is 2.22. The van der Waals surface area contributed by atoms with Crippen molar-refractivity contribution < 1.29 is 13.6 Å². The maximum Gasteiger partial charge on any atom is 0.272 e. The van der Waals surface area contributed by atoms with Gasteiger partial charge >= 0.3 is 0 Å². The monoisotopic (exact) mass is 346 g/mol. The molecule has 0 atom stereocenters. The molecule has 1 aromatic heterocycles. The highest BCUT2D eigenvalue weighted by molar-refractivity contribution is 5.93. The van der Waals surface area contributed by atoms with E-state index in [1.807, 2.05) is 0 Å². The molecule has 1 aromatic carbocycles. The lowest BCUT2D eigenvalue weighted by molar-refractivity contribution is 0.0637. The number of halogens is 2. The van der Waals surface area contributed by atoms with Crippen LogP contribution in [0.25, 0.3) is 0 Å². The quantitative estimate of drug-likeness (QED) is 0.925. The smallest absolute Gasteiger partial charge is 0.272 e. The van der Waals surface area contributed by atoms with Gasteiger partial charge in [0.2, 0.25) is 0 Å². The molecule has 5 nitrogen and oxygen atoms in total. The number of piperazine rings is 1. The Morgan fingerprint density at radius 1 is 1.08 bits per heavy atom. The number of hydrogen-bond donors (Lipinski definition) is 1. The van der Waals surface area contributed by atoms with Crippen LogP contribution in [0.5, 0.6) is 0 Å². The van der Waals surface area contributed by atoms with E-state index in [4.69, 9.17) is 0 Å². The number of hydrogen-bond acceptors (Lipinski definition) is 4. The molecule has 1 saturated heterocycles. The summed E-state index contributed by atoms with van der Waals surface area (Å²) in [5.74, 6) is -1.95. The highest BCUT2D eigenvalue weighted by atomic mass is 19.2. The molecule has 3 rings (SSSR count). The van der Waals surface area contributed by atoms with E-state index in [-0.39, 0.29) is 5.91 Å². The second-order valence-corrected chi connectivity index (χ2v) is 5.91. The summed E-state index contributed by atoms with van der Waals surface area (Å²) >= 11 is 0. The van der Waals surface area contributed by atoms with Crippen LogP contribution in [0.3, 0.4) is 0 Å². The van der Waals surface area contributed by atoms with Gasteiger partial charge in [-0.15, -0.1) is 0 Å². The second kappa shape index (κ2) is 7.57. The minimum Gasteiger partial charge on any atom is -0.355 e. The number of carbonyl (C=O) groups is 1. The Labute approximate surface area is 145 Å². The molecule has 1 amide bonds. The largest absolute Gasteiger partial charge is 0.355 e. The molecule has 0 unspecified atom stereocenters. The van der Waals surface area contributed by atoms with Crippen molar-refractivity contribution in [3.8, 4) is 0 Å². The number of carbonyl (C=O) groups excluding carboxylic acids is 1. The van der Waals surface area contributed by atoms with Gasteiger partial charge in [0, 0.05) is 49.8 Å². The molecule has 0 spiro atoms. The summed E-state index contributed by atoms with van der Waals surface area (Å²) in [6.07, 6.45) is 1.53. The normalized spacial score (nSPS) is 15.2. The van der Waals surface area contributed by atoms with Crippen LogP contribution in [0, 0.1) is 11.6 Å². The van der Waals surface area contributed by atoms with E-state index < -0.39 is 11.6 Å². The Morgan fingerprint density at radius 2 is 1.80 bits per heavy atom. The van der Waals surface area contributed by atoms with E-state index in [0.717, 1.165) is 31.8 Å². The molecule has 0 saturated carbocycles. The molecule has 132 valence electrons. The SMILES string of the molecule is CCN1CCN(C(=O)c2cc(Nc3ccc(F)c(F)c3)ccn2)CC1. The molecule has 0 aliphatic carbocycles. The Hall–Kier alpha value is -2.54. The molecule has 7 heteroatoms.